The van der Waals surface area contributed by atoms with Crippen molar-refractivity contribution in [2.75, 3.05) is 0 Å². The second kappa shape index (κ2) is 5.21. The second-order valence-electron chi connectivity index (χ2n) is 4.14. The lowest BCUT2D eigenvalue weighted by molar-refractivity contribution is -0.114. The first-order chi connectivity index (χ1) is 6.24. The lowest BCUT2D eigenvalue weighted by atomic mass is 10.00. The minimum Gasteiger partial charge on any atom is -0.295 e. The summed E-state index contributed by atoms with van der Waals surface area (Å²) >= 11 is 0. The lowest BCUT2D eigenvalue weighted by Gasteiger charge is -2.06. The molecule has 0 radical (unpaired) electrons. The molecule has 0 spiro atoms. The number of allylic oxidation sites excluding steroid dienone is 2. The van der Waals surface area contributed by atoms with Gasteiger partial charge in [0.25, 0.3) is 0 Å². The molecule has 0 aromatic rings. The summed E-state index contributed by atoms with van der Waals surface area (Å²) in [6, 6.07) is 0. The Labute approximate surface area is 81.2 Å². The van der Waals surface area contributed by atoms with Crippen LogP contribution in [0.1, 0.15) is 52.4 Å². The van der Waals surface area contributed by atoms with Gasteiger partial charge in [-0.2, -0.15) is 0 Å². The molecule has 1 rings (SSSR count). The molecule has 13 heavy (non-hydrogen) atoms. The van der Waals surface area contributed by atoms with Crippen LogP contribution >= 0.6 is 0 Å². The van der Waals surface area contributed by atoms with Crippen LogP contribution in [0.2, 0.25) is 0 Å². The summed E-state index contributed by atoms with van der Waals surface area (Å²) in [4.78, 5) is 11.3. The van der Waals surface area contributed by atoms with Crippen LogP contribution in [-0.4, -0.2) is 5.78 Å². The Kier molecular flexibility index (Phi) is 4.20. The molecule has 0 N–H and O–H groups in total. The van der Waals surface area contributed by atoms with Crippen molar-refractivity contribution in [3.05, 3.63) is 11.6 Å². The Morgan fingerprint density at radius 2 is 2.23 bits per heavy atom. The van der Waals surface area contributed by atoms with Gasteiger partial charge in [-0.25, -0.2) is 0 Å². The standard InChI is InChI=1S/C12H20O/c1-3-5-10(2)8-9-11-6-4-7-12(11)13/h9-10H,3-8H2,1-2H3/b11-9+. The van der Waals surface area contributed by atoms with Crippen molar-refractivity contribution in [3.8, 4) is 0 Å². The van der Waals surface area contributed by atoms with Crippen molar-refractivity contribution in [2.45, 2.75) is 52.4 Å². The van der Waals surface area contributed by atoms with E-state index in [2.05, 4.69) is 19.9 Å². The Morgan fingerprint density at radius 3 is 2.77 bits per heavy atom. The van der Waals surface area contributed by atoms with Crippen LogP contribution in [0.25, 0.3) is 0 Å². The summed E-state index contributed by atoms with van der Waals surface area (Å²) in [6.07, 6.45) is 8.68. The lowest BCUT2D eigenvalue weighted by Crippen LogP contribution is -1.95. The van der Waals surface area contributed by atoms with Gasteiger partial charge in [0.05, 0.1) is 0 Å². The maximum absolute atomic E-state index is 11.3. The van der Waals surface area contributed by atoms with Crippen molar-refractivity contribution in [3.63, 3.8) is 0 Å². The average Bonchev–Trinajstić information content (AvgIpc) is 2.48. The molecule has 0 saturated heterocycles. The van der Waals surface area contributed by atoms with Crippen LogP contribution in [0.3, 0.4) is 0 Å². The number of rotatable bonds is 4. The zero-order valence-electron chi connectivity index (χ0n) is 8.81. The predicted octanol–water partition coefficient (Wildman–Crippen LogP) is 3.49. The summed E-state index contributed by atoms with van der Waals surface area (Å²) in [5.74, 6) is 1.13. The number of hydrogen-bond donors (Lipinski definition) is 0. The number of carbonyl (C=O) groups is 1. The van der Waals surface area contributed by atoms with Crippen LogP contribution in [0.4, 0.5) is 0 Å². The first-order valence-corrected chi connectivity index (χ1v) is 5.46. The van der Waals surface area contributed by atoms with E-state index in [1.807, 2.05) is 0 Å². The summed E-state index contributed by atoms with van der Waals surface area (Å²) in [5, 5.41) is 0. The maximum Gasteiger partial charge on any atom is 0.158 e. The summed E-state index contributed by atoms with van der Waals surface area (Å²) in [7, 11) is 0. The molecule has 0 aromatic carbocycles. The Hall–Kier alpha value is -0.590. The van der Waals surface area contributed by atoms with Gasteiger partial charge in [-0.05, 0) is 30.8 Å². The van der Waals surface area contributed by atoms with Gasteiger partial charge in [-0.15, -0.1) is 0 Å². The number of carbonyl (C=O) groups excluding carboxylic acids is 1. The average molecular weight is 180 g/mol. The second-order valence-corrected chi connectivity index (χ2v) is 4.14. The highest BCUT2D eigenvalue weighted by atomic mass is 16.1. The minimum atomic E-state index is 0.392. The van der Waals surface area contributed by atoms with E-state index in [0.717, 1.165) is 37.2 Å². The largest absolute Gasteiger partial charge is 0.295 e. The molecule has 0 aliphatic heterocycles. The molecule has 1 heteroatoms. The van der Waals surface area contributed by atoms with Gasteiger partial charge in [-0.3, -0.25) is 4.79 Å². The minimum absolute atomic E-state index is 0.392. The molecule has 1 aliphatic rings. The van der Waals surface area contributed by atoms with Gasteiger partial charge in [-0.1, -0.05) is 32.8 Å². The zero-order valence-corrected chi connectivity index (χ0v) is 8.81. The van der Waals surface area contributed by atoms with Crippen LogP contribution in [0.5, 0.6) is 0 Å². The van der Waals surface area contributed by atoms with Crippen molar-refractivity contribution >= 4 is 5.78 Å². The van der Waals surface area contributed by atoms with Crippen LogP contribution in [0, 0.1) is 5.92 Å². The smallest absolute Gasteiger partial charge is 0.158 e. The van der Waals surface area contributed by atoms with Gasteiger partial charge < -0.3 is 0 Å². The molecule has 0 aromatic heterocycles. The highest BCUT2D eigenvalue weighted by Gasteiger charge is 2.16. The molecule has 0 amide bonds. The monoisotopic (exact) mass is 180 g/mol. The van der Waals surface area contributed by atoms with E-state index in [9.17, 15) is 4.79 Å². The van der Waals surface area contributed by atoms with E-state index in [-0.39, 0.29) is 0 Å². The molecule has 1 nitrogen and oxygen atoms in total. The molecule has 0 heterocycles. The van der Waals surface area contributed by atoms with Gasteiger partial charge in [0.15, 0.2) is 5.78 Å². The van der Waals surface area contributed by atoms with Gasteiger partial charge in [0.1, 0.15) is 0 Å². The quantitative estimate of drug-likeness (QED) is 0.605. The fourth-order valence-corrected chi connectivity index (χ4v) is 1.91. The first kappa shape index (κ1) is 10.5. The Morgan fingerprint density at radius 1 is 1.46 bits per heavy atom. The van der Waals surface area contributed by atoms with Gasteiger partial charge in [0, 0.05) is 6.42 Å². The normalized spacial score (nSPS) is 22.6. The molecular weight excluding hydrogens is 160 g/mol. The molecular formula is C12H20O. The van der Waals surface area contributed by atoms with E-state index >= 15 is 0 Å². The topological polar surface area (TPSA) is 17.1 Å². The highest BCUT2D eigenvalue weighted by molar-refractivity contribution is 5.97. The molecule has 1 fully saturated rings. The van der Waals surface area contributed by atoms with E-state index in [1.54, 1.807) is 0 Å². The predicted molar refractivity (Wildman–Crippen MR) is 55.6 cm³/mol. The highest BCUT2D eigenvalue weighted by Crippen LogP contribution is 2.22. The van der Waals surface area contributed by atoms with E-state index in [1.165, 1.54) is 12.8 Å². The molecule has 1 unspecified atom stereocenters. The molecule has 74 valence electrons. The van der Waals surface area contributed by atoms with Crippen molar-refractivity contribution in [2.24, 2.45) is 5.92 Å². The van der Waals surface area contributed by atoms with Gasteiger partial charge >= 0.3 is 0 Å². The van der Waals surface area contributed by atoms with Crippen LogP contribution < -0.4 is 0 Å². The van der Waals surface area contributed by atoms with Gasteiger partial charge in [0.2, 0.25) is 0 Å². The van der Waals surface area contributed by atoms with E-state index in [0.29, 0.717) is 5.78 Å². The fraction of sp³-hybridized carbons (Fsp3) is 0.750. The molecule has 1 atom stereocenters. The first-order valence-electron chi connectivity index (χ1n) is 5.46. The zero-order chi connectivity index (χ0) is 9.68. The maximum atomic E-state index is 11.3. The fourth-order valence-electron chi connectivity index (χ4n) is 1.91. The van der Waals surface area contributed by atoms with Crippen LogP contribution in [-0.2, 0) is 4.79 Å². The molecule has 1 saturated carbocycles. The Balaban J connectivity index is 2.34. The van der Waals surface area contributed by atoms with Crippen molar-refractivity contribution in [1.29, 1.82) is 0 Å². The van der Waals surface area contributed by atoms with Crippen molar-refractivity contribution < 1.29 is 4.79 Å². The summed E-state index contributed by atoms with van der Waals surface area (Å²) < 4.78 is 0. The molecule has 1 aliphatic carbocycles. The number of hydrogen-bond acceptors (Lipinski definition) is 1. The SMILES string of the molecule is CCCC(C)C/C=C1\CCCC1=O. The van der Waals surface area contributed by atoms with Crippen LogP contribution in [0.15, 0.2) is 11.6 Å². The third-order valence-corrected chi connectivity index (χ3v) is 2.76. The Bertz CT molecular complexity index is 203. The summed E-state index contributed by atoms with van der Waals surface area (Å²) in [6.45, 7) is 4.48. The molecule has 0 bridgehead atoms. The summed E-state index contributed by atoms with van der Waals surface area (Å²) in [5.41, 5.74) is 1.10. The number of ketones is 1. The van der Waals surface area contributed by atoms with Crippen molar-refractivity contribution in [1.82, 2.24) is 0 Å². The van der Waals surface area contributed by atoms with E-state index < -0.39 is 0 Å². The number of Topliss-reactive ketones (excluding diaryl/α,β-unsaturated/α-hetero) is 1. The van der Waals surface area contributed by atoms with E-state index in [4.69, 9.17) is 0 Å². The third kappa shape index (κ3) is 3.33. The third-order valence-electron chi connectivity index (χ3n) is 2.76.